The summed E-state index contributed by atoms with van der Waals surface area (Å²) in [6.07, 6.45) is 3.24. The lowest BCUT2D eigenvalue weighted by Gasteiger charge is -2.09. The fourth-order valence-corrected chi connectivity index (χ4v) is 4.06. The lowest BCUT2D eigenvalue weighted by atomic mass is 10.2. The number of aromatic nitrogens is 5. The number of ether oxygens (including phenoxy) is 1. The first-order valence-electron chi connectivity index (χ1n) is 9.45. The largest absolute Gasteiger partial charge is 0.483 e. The van der Waals surface area contributed by atoms with Gasteiger partial charge in [0.2, 0.25) is 0 Å². The van der Waals surface area contributed by atoms with E-state index in [1.54, 1.807) is 24.3 Å². The van der Waals surface area contributed by atoms with Gasteiger partial charge in [0.15, 0.2) is 33.2 Å². The van der Waals surface area contributed by atoms with Gasteiger partial charge in [-0.1, -0.05) is 30.3 Å². The van der Waals surface area contributed by atoms with E-state index in [-0.39, 0.29) is 12.4 Å². The Kier molecular flexibility index (Phi) is 5.09. The molecule has 154 valence electrons. The highest BCUT2D eigenvalue weighted by Gasteiger charge is 2.19. The summed E-state index contributed by atoms with van der Waals surface area (Å²) in [4.78, 5) is 8.76. The average Bonchev–Trinajstić information content (AvgIpc) is 3.35. The summed E-state index contributed by atoms with van der Waals surface area (Å²) in [5, 5.41) is 10.6. The highest BCUT2D eigenvalue weighted by Crippen LogP contribution is 2.35. The van der Waals surface area contributed by atoms with Crippen LogP contribution in [0.4, 0.5) is 4.39 Å². The van der Waals surface area contributed by atoms with Gasteiger partial charge < -0.3 is 9.15 Å². The molecule has 0 N–H and O–H groups in total. The molecule has 0 atom stereocenters. The zero-order valence-electron chi connectivity index (χ0n) is 16.2. The minimum absolute atomic E-state index is 0.0617. The highest BCUT2D eigenvalue weighted by atomic mass is 32.2. The van der Waals surface area contributed by atoms with Gasteiger partial charge in [-0.15, -0.1) is 16.8 Å². The van der Waals surface area contributed by atoms with Gasteiger partial charge in [0.25, 0.3) is 0 Å². The third-order valence-electron chi connectivity index (χ3n) is 4.61. The van der Waals surface area contributed by atoms with Crippen molar-refractivity contribution in [3.05, 3.63) is 79.2 Å². The molecular formula is C22H16FN5O2S. The second-order valence-electron chi connectivity index (χ2n) is 6.57. The number of nitrogens with zero attached hydrogens (tertiary/aromatic N) is 5. The first-order chi connectivity index (χ1) is 15.2. The Bertz CT molecular complexity index is 1400. The first-order valence-corrected chi connectivity index (χ1v) is 10.3. The van der Waals surface area contributed by atoms with E-state index in [1.165, 1.54) is 24.2 Å². The quantitative estimate of drug-likeness (QED) is 0.263. The van der Waals surface area contributed by atoms with Crippen LogP contribution in [0.25, 0.3) is 22.1 Å². The van der Waals surface area contributed by atoms with E-state index in [9.17, 15) is 4.39 Å². The van der Waals surface area contributed by atoms with Crippen molar-refractivity contribution in [3.63, 3.8) is 0 Å². The lowest BCUT2D eigenvalue weighted by Crippen LogP contribution is -2.08. The number of allylic oxidation sites excluding steroid dienone is 1. The number of halogens is 1. The van der Waals surface area contributed by atoms with E-state index in [1.807, 2.05) is 28.8 Å². The Labute approximate surface area is 180 Å². The summed E-state index contributed by atoms with van der Waals surface area (Å²) >= 11 is 1.31. The van der Waals surface area contributed by atoms with Crippen LogP contribution in [0.5, 0.6) is 5.75 Å². The number of hydrogen-bond donors (Lipinski definition) is 0. The number of hydrogen-bond acceptors (Lipinski definition) is 7. The summed E-state index contributed by atoms with van der Waals surface area (Å²) in [6, 6.07) is 13.9. The predicted molar refractivity (Wildman–Crippen MR) is 114 cm³/mol. The molecule has 0 amide bonds. The van der Waals surface area contributed by atoms with E-state index < -0.39 is 5.82 Å². The molecule has 0 saturated heterocycles. The van der Waals surface area contributed by atoms with E-state index in [2.05, 4.69) is 26.7 Å². The van der Waals surface area contributed by atoms with Gasteiger partial charge in [-0.25, -0.2) is 14.4 Å². The van der Waals surface area contributed by atoms with Crippen LogP contribution in [-0.2, 0) is 13.2 Å². The topological polar surface area (TPSA) is 78.9 Å². The minimum atomic E-state index is -0.430. The molecule has 5 rings (SSSR count). The molecule has 9 heteroatoms. The Hall–Kier alpha value is -3.72. The van der Waals surface area contributed by atoms with Crippen LogP contribution in [0.3, 0.4) is 0 Å². The molecule has 0 aliphatic carbocycles. The molecule has 0 aliphatic rings. The van der Waals surface area contributed by atoms with E-state index in [0.29, 0.717) is 28.1 Å². The van der Waals surface area contributed by atoms with Crippen LogP contribution >= 0.6 is 11.8 Å². The number of para-hydroxylation sites is 2. The predicted octanol–water partition coefficient (Wildman–Crippen LogP) is 5.02. The van der Waals surface area contributed by atoms with Crippen LogP contribution in [0.2, 0.25) is 0 Å². The van der Waals surface area contributed by atoms with E-state index >= 15 is 0 Å². The summed E-state index contributed by atoms with van der Waals surface area (Å²) < 4.78 is 27.3. The zero-order chi connectivity index (χ0) is 21.2. The molecule has 5 aromatic rings. The number of rotatable bonds is 7. The zero-order valence-corrected chi connectivity index (χ0v) is 17.1. The molecular weight excluding hydrogens is 417 g/mol. The fourth-order valence-electron chi connectivity index (χ4n) is 3.18. The Morgan fingerprint density at radius 3 is 2.81 bits per heavy atom. The van der Waals surface area contributed by atoms with Crippen molar-refractivity contribution < 1.29 is 13.5 Å². The summed E-state index contributed by atoms with van der Waals surface area (Å²) in [7, 11) is 0. The van der Waals surface area contributed by atoms with Crippen molar-refractivity contribution in [3.8, 4) is 5.75 Å². The van der Waals surface area contributed by atoms with Gasteiger partial charge in [0.1, 0.15) is 24.0 Å². The maximum absolute atomic E-state index is 13.9. The van der Waals surface area contributed by atoms with Crippen LogP contribution in [-0.4, -0.2) is 24.7 Å². The molecule has 31 heavy (non-hydrogen) atoms. The van der Waals surface area contributed by atoms with Gasteiger partial charge in [0, 0.05) is 11.9 Å². The van der Waals surface area contributed by atoms with E-state index in [0.717, 1.165) is 16.5 Å². The van der Waals surface area contributed by atoms with Crippen LogP contribution in [0.15, 0.2) is 82.1 Å². The monoisotopic (exact) mass is 433 g/mol. The maximum Gasteiger partial charge on any atom is 0.198 e. The molecule has 3 aromatic heterocycles. The Balaban J connectivity index is 1.47. The third kappa shape index (κ3) is 3.64. The summed E-state index contributed by atoms with van der Waals surface area (Å²) in [6.45, 7) is 4.33. The Morgan fingerprint density at radius 1 is 1.10 bits per heavy atom. The maximum atomic E-state index is 13.9. The number of benzene rings is 2. The molecule has 0 saturated carbocycles. The van der Waals surface area contributed by atoms with Crippen LogP contribution in [0, 0.1) is 5.82 Å². The van der Waals surface area contributed by atoms with Gasteiger partial charge in [0.05, 0.1) is 0 Å². The SMILES string of the molecule is C=CCn1c(COc2ccccc2F)nnc1Sc1ncnc2c1oc1ccccc12. The summed E-state index contributed by atoms with van der Waals surface area (Å²) in [5.41, 5.74) is 2.07. The fraction of sp³-hybridized carbons (Fsp3) is 0.0909. The smallest absolute Gasteiger partial charge is 0.198 e. The molecule has 0 unspecified atom stereocenters. The molecule has 0 aliphatic heterocycles. The second kappa shape index (κ2) is 8.19. The molecule has 0 radical (unpaired) electrons. The van der Waals surface area contributed by atoms with Crippen molar-refractivity contribution in [2.75, 3.05) is 0 Å². The molecule has 0 fully saturated rings. The van der Waals surface area contributed by atoms with Crippen molar-refractivity contribution >= 4 is 33.8 Å². The van der Waals surface area contributed by atoms with Crippen LogP contribution in [0.1, 0.15) is 5.82 Å². The molecule has 7 nitrogen and oxygen atoms in total. The number of fused-ring (bicyclic) bond motifs is 3. The molecule has 2 aromatic carbocycles. The number of furan rings is 1. The van der Waals surface area contributed by atoms with Crippen molar-refractivity contribution in [2.24, 2.45) is 0 Å². The Morgan fingerprint density at radius 2 is 1.94 bits per heavy atom. The van der Waals surface area contributed by atoms with Gasteiger partial charge in [-0.05, 0) is 36.0 Å². The highest BCUT2D eigenvalue weighted by molar-refractivity contribution is 7.99. The van der Waals surface area contributed by atoms with Crippen molar-refractivity contribution in [1.82, 2.24) is 24.7 Å². The second-order valence-corrected chi connectivity index (χ2v) is 7.53. The normalized spacial score (nSPS) is 11.3. The van der Waals surface area contributed by atoms with E-state index in [4.69, 9.17) is 9.15 Å². The van der Waals surface area contributed by atoms with Gasteiger partial charge >= 0.3 is 0 Å². The van der Waals surface area contributed by atoms with Crippen molar-refractivity contribution in [2.45, 2.75) is 23.3 Å². The van der Waals surface area contributed by atoms with Gasteiger partial charge in [-0.3, -0.25) is 4.57 Å². The first kappa shape index (κ1) is 19.3. The third-order valence-corrected chi connectivity index (χ3v) is 5.58. The van der Waals surface area contributed by atoms with Crippen molar-refractivity contribution in [1.29, 1.82) is 0 Å². The minimum Gasteiger partial charge on any atom is -0.483 e. The van der Waals surface area contributed by atoms with Crippen LogP contribution < -0.4 is 4.74 Å². The van der Waals surface area contributed by atoms with Gasteiger partial charge in [-0.2, -0.15) is 0 Å². The standard InChI is InChI=1S/C22H16FN5O2S/c1-2-11-28-18(12-29-17-10-6-4-8-15(17)23)26-27-22(28)31-21-20-19(24-13-25-21)14-7-3-5-9-16(14)30-20/h2-10,13H,1,11-12H2. The summed E-state index contributed by atoms with van der Waals surface area (Å²) in [5.74, 6) is 0.269. The molecule has 0 bridgehead atoms. The lowest BCUT2D eigenvalue weighted by molar-refractivity contribution is 0.275. The molecule has 3 heterocycles. The molecule has 0 spiro atoms. The average molecular weight is 433 g/mol.